The number of ketones is 1. The molecule has 160 valence electrons. The summed E-state index contributed by atoms with van der Waals surface area (Å²) >= 11 is 5.92. The molecule has 0 aliphatic carbocycles. The molecule has 0 radical (unpaired) electrons. The SMILES string of the molecule is CCOC(=O)C(CC(=O)OC(C)(C)C)CC(=O)c1ccc(-c2ccc(Cl)cc2)cc1. The second-order valence-corrected chi connectivity index (χ2v) is 8.39. The molecule has 6 heteroatoms. The van der Waals surface area contributed by atoms with E-state index in [2.05, 4.69) is 0 Å². The summed E-state index contributed by atoms with van der Waals surface area (Å²) in [6.07, 6.45) is -0.330. The van der Waals surface area contributed by atoms with Gasteiger partial charge in [-0.15, -0.1) is 0 Å². The molecule has 2 aromatic rings. The number of hydrogen-bond donors (Lipinski definition) is 0. The maximum absolute atomic E-state index is 12.7. The minimum Gasteiger partial charge on any atom is -0.466 e. The van der Waals surface area contributed by atoms with Crippen molar-refractivity contribution in [2.45, 2.75) is 46.1 Å². The van der Waals surface area contributed by atoms with E-state index < -0.39 is 23.5 Å². The second-order valence-electron chi connectivity index (χ2n) is 7.95. The molecule has 0 spiro atoms. The number of hydrogen-bond acceptors (Lipinski definition) is 5. The average molecular weight is 431 g/mol. The molecule has 5 nitrogen and oxygen atoms in total. The molecule has 1 unspecified atom stereocenters. The van der Waals surface area contributed by atoms with Gasteiger partial charge in [-0.05, 0) is 51.0 Å². The van der Waals surface area contributed by atoms with Crippen molar-refractivity contribution in [3.05, 3.63) is 59.1 Å². The van der Waals surface area contributed by atoms with Crippen molar-refractivity contribution in [2.24, 2.45) is 5.92 Å². The lowest BCUT2D eigenvalue weighted by atomic mass is 9.94. The molecule has 2 aromatic carbocycles. The van der Waals surface area contributed by atoms with E-state index in [0.717, 1.165) is 11.1 Å². The van der Waals surface area contributed by atoms with Gasteiger partial charge in [0.2, 0.25) is 0 Å². The Kier molecular flexibility index (Phi) is 8.18. The monoisotopic (exact) mass is 430 g/mol. The van der Waals surface area contributed by atoms with Gasteiger partial charge in [-0.25, -0.2) is 0 Å². The Labute approximate surface area is 182 Å². The number of Topliss-reactive ketones (excluding diaryl/α,β-unsaturated/α-hetero) is 1. The predicted octanol–water partition coefficient (Wildman–Crippen LogP) is 5.49. The zero-order chi connectivity index (χ0) is 22.3. The molecular formula is C24H27ClO5. The highest BCUT2D eigenvalue weighted by atomic mass is 35.5. The van der Waals surface area contributed by atoms with E-state index in [-0.39, 0.29) is 25.2 Å². The maximum Gasteiger partial charge on any atom is 0.309 e. The summed E-state index contributed by atoms with van der Waals surface area (Å²) in [7, 11) is 0. The topological polar surface area (TPSA) is 69.7 Å². The zero-order valence-electron chi connectivity index (χ0n) is 17.7. The molecule has 30 heavy (non-hydrogen) atoms. The molecule has 0 aliphatic heterocycles. The van der Waals surface area contributed by atoms with Gasteiger partial charge in [0.1, 0.15) is 5.60 Å². The van der Waals surface area contributed by atoms with Crippen molar-refractivity contribution >= 4 is 29.3 Å². The van der Waals surface area contributed by atoms with Gasteiger partial charge < -0.3 is 9.47 Å². The van der Waals surface area contributed by atoms with Gasteiger partial charge in [0.25, 0.3) is 0 Å². The first-order valence-corrected chi connectivity index (χ1v) is 10.2. The Morgan fingerprint density at radius 1 is 0.900 bits per heavy atom. The minimum absolute atomic E-state index is 0.127. The van der Waals surface area contributed by atoms with Crippen LogP contribution in [0.4, 0.5) is 0 Å². The Morgan fingerprint density at radius 3 is 1.93 bits per heavy atom. The Balaban J connectivity index is 2.10. The van der Waals surface area contributed by atoms with Gasteiger partial charge in [0.15, 0.2) is 5.78 Å². The number of carbonyl (C=O) groups is 3. The quantitative estimate of drug-likeness (QED) is 0.409. The highest BCUT2D eigenvalue weighted by Gasteiger charge is 2.29. The first kappa shape index (κ1) is 23.6. The Morgan fingerprint density at radius 2 is 1.43 bits per heavy atom. The van der Waals surface area contributed by atoms with Crippen LogP contribution in [0.5, 0.6) is 0 Å². The first-order chi connectivity index (χ1) is 14.1. The van der Waals surface area contributed by atoms with Crippen molar-refractivity contribution in [3.63, 3.8) is 0 Å². The van der Waals surface area contributed by atoms with E-state index in [1.807, 2.05) is 24.3 Å². The summed E-state index contributed by atoms with van der Waals surface area (Å²) in [6, 6.07) is 14.5. The second kappa shape index (κ2) is 10.4. The molecule has 1 atom stereocenters. The van der Waals surface area contributed by atoms with Crippen molar-refractivity contribution in [1.29, 1.82) is 0 Å². The maximum atomic E-state index is 12.7. The van der Waals surface area contributed by atoms with E-state index in [1.54, 1.807) is 52.0 Å². The standard InChI is InChI=1S/C24H27ClO5/c1-5-29-23(28)19(15-22(27)30-24(2,3)4)14-21(26)18-8-6-16(7-9-18)17-10-12-20(25)13-11-17/h6-13,19H,5,14-15H2,1-4H3. The molecule has 0 fully saturated rings. The molecule has 0 aliphatic rings. The summed E-state index contributed by atoms with van der Waals surface area (Å²) < 4.78 is 10.3. The summed E-state index contributed by atoms with van der Waals surface area (Å²) in [5, 5.41) is 0.653. The van der Waals surface area contributed by atoms with E-state index in [9.17, 15) is 14.4 Å². The van der Waals surface area contributed by atoms with Crippen LogP contribution in [0.2, 0.25) is 5.02 Å². The lowest BCUT2D eigenvalue weighted by Gasteiger charge is -2.21. The van der Waals surface area contributed by atoms with Crippen molar-refractivity contribution < 1.29 is 23.9 Å². The summed E-state index contributed by atoms with van der Waals surface area (Å²) in [4.78, 5) is 37.2. The molecule has 2 rings (SSSR count). The first-order valence-electron chi connectivity index (χ1n) is 9.86. The van der Waals surface area contributed by atoms with Crippen LogP contribution in [0.3, 0.4) is 0 Å². The summed E-state index contributed by atoms with van der Waals surface area (Å²) in [6.45, 7) is 7.10. The van der Waals surface area contributed by atoms with Crippen molar-refractivity contribution in [2.75, 3.05) is 6.61 Å². The zero-order valence-corrected chi connectivity index (χ0v) is 18.5. The molecular weight excluding hydrogens is 404 g/mol. The van der Waals surface area contributed by atoms with Crippen LogP contribution in [0, 0.1) is 5.92 Å². The molecule has 0 N–H and O–H groups in total. The van der Waals surface area contributed by atoms with Gasteiger partial charge in [-0.1, -0.05) is 48.0 Å². The third-order valence-corrected chi connectivity index (χ3v) is 4.52. The lowest BCUT2D eigenvalue weighted by Crippen LogP contribution is -2.29. The number of esters is 2. The number of benzene rings is 2. The third-order valence-electron chi connectivity index (χ3n) is 4.27. The number of ether oxygens (including phenoxy) is 2. The van der Waals surface area contributed by atoms with Crippen molar-refractivity contribution in [1.82, 2.24) is 0 Å². The molecule has 0 saturated heterocycles. The Hall–Kier alpha value is -2.66. The average Bonchev–Trinajstić information content (AvgIpc) is 2.67. The van der Waals surface area contributed by atoms with E-state index >= 15 is 0 Å². The third kappa shape index (κ3) is 7.30. The normalized spacial score (nSPS) is 12.2. The Bertz CT molecular complexity index is 879. The lowest BCUT2D eigenvalue weighted by molar-refractivity contribution is -0.161. The van der Waals surface area contributed by atoms with Crippen LogP contribution in [-0.2, 0) is 19.1 Å². The van der Waals surface area contributed by atoms with Gasteiger partial charge in [-0.3, -0.25) is 14.4 Å². The smallest absolute Gasteiger partial charge is 0.309 e. The van der Waals surface area contributed by atoms with Crippen LogP contribution in [0.1, 0.15) is 50.9 Å². The van der Waals surface area contributed by atoms with Gasteiger partial charge >= 0.3 is 11.9 Å². The van der Waals surface area contributed by atoms with Gasteiger partial charge in [0.05, 0.1) is 18.9 Å². The number of carbonyl (C=O) groups excluding carboxylic acids is 3. The van der Waals surface area contributed by atoms with E-state index in [0.29, 0.717) is 10.6 Å². The van der Waals surface area contributed by atoms with Gasteiger partial charge in [-0.2, -0.15) is 0 Å². The number of halogens is 1. The molecule has 0 heterocycles. The van der Waals surface area contributed by atoms with E-state index in [1.165, 1.54) is 0 Å². The summed E-state index contributed by atoms with van der Waals surface area (Å²) in [5.74, 6) is -2.23. The largest absolute Gasteiger partial charge is 0.466 e. The van der Waals surface area contributed by atoms with Crippen LogP contribution >= 0.6 is 11.6 Å². The number of rotatable bonds is 8. The molecule has 0 amide bonds. The van der Waals surface area contributed by atoms with E-state index in [4.69, 9.17) is 21.1 Å². The summed E-state index contributed by atoms with van der Waals surface area (Å²) in [5.41, 5.74) is 1.72. The fourth-order valence-corrected chi connectivity index (χ4v) is 3.04. The van der Waals surface area contributed by atoms with Crippen LogP contribution in [0.15, 0.2) is 48.5 Å². The van der Waals surface area contributed by atoms with Crippen LogP contribution < -0.4 is 0 Å². The molecule has 0 bridgehead atoms. The van der Waals surface area contributed by atoms with Gasteiger partial charge in [0, 0.05) is 17.0 Å². The van der Waals surface area contributed by atoms with Crippen LogP contribution in [0.25, 0.3) is 11.1 Å². The van der Waals surface area contributed by atoms with Crippen LogP contribution in [-0.4, -0.2) is 29.9 Å². The highest BCUT2D eigenvalue weighted by Crippen LogP contribution is 2.24. The minimum atomic E-state index is -0.886. The predicted molar refractivity (Wildman–Crippen MR) is 116 cm³/mol. The highest BCUT2D eigenvalue weighted by molar-refractivity contribution is 6.30. The fourth-order valence-electron chi connectivity index (χ4n) is 2.92. The molecule has 0 aromatic heterocycles. The fraction of sp³-hybridized carbons (Fsp3) is 0.375. The molecule has 0 saturated carbocycles. The van der Waals surface area contributed by atoms with Crippen molar-refractivity contribution in [3.8, 4) is 11.1 Å².